The molecule has 0 aliphatic rings. The SMILES string of the molecule is CC(C)(Cc1nccc(-c2ccccn2)n1)C(=O)O. The molecule has 2 aromatic heterocycles. The first-order valence-electron chi connectivity index (χ1n) is 5.96. The van der Waals surface area contributed by atoms with E-state index < -0.39 is 11.4 Å². The molecule has 0 amide bonds. The van der Waals surface area contributed by atoms with Gasteiger partial charge in [0.05, 0.1) is 16.8 Å². The number of hydrogen-bond acceptors (Lipinski definition) is 4. The molecule has 0 unspecified atom stereocenters. The van der Waals surface area contributed by atoms with Crippen molar-refractivity contribution in [2.24, 2.45) is 5.41 Å². The predicted octanol–water partition coefficient (Wildman–Crippen LogP) is 2.19. The molecule has 0 atom stereocenters. The zero-order chi connectivity index (χ0) is 13.9. The van der Waals surface area contributed by atoms with Crippen LogP contribution in [0.4, 0.5) is 0 Å². The molecule has 2 heterocycles. The number of pyridine rings is 1. The maximum Gasteiger partial charge on any atom is 0.309 e. The number of carboxylic acids is 1. The molecule has 0 saturated heterocycles. The van der Waals surface area contributed by atoms with Crippen molar-refractivity contribution in [1.29, 1.82) is 0 Å². The average molecular weight is 257 g/mol. The van der Waals surface area contributed by atoms with Gasteiger partial charge in [-0.2, -0.15) is 0 Å². The highest BCUT2D eigenvalue weighted by Gasteiger charge is 2.28. The van der Waals surface area contributed by atoms with E-state index in [1.165, 1.54) is 0 Å². The maximum atomic E-state index is 11.1. The number of hydrogen-bond donors (Lipinski definition) is 1. The van der Waals surface area contributed by atoms with Gasteiger partial charge in [-0.05, 0) is 32.0 Å². The second-order valence-corrected chi connectivity index (χ2v) is 4.94. The molecule has 0 spiro atoms. The summed E-state index contributed by atoms with van der Waals surface area (Å²) in [5, 5.41) is 9.12. The fourth-order valence-electron chi connectivity index (χ4n) is 1.61. The normalized spacial score (nSPS) is 11.3. The Kier molecular flexibility index (Phi) is 3.55. The van der Waals surface area contributed by atoms with Crippen LogP contribution >= 0.6 is 0 Å². The third-order valence-corrected chi connectivity index (χ3v) is 2.81. The summed E-state index contributed by atoms with van der Waals surface area (Å²) in [7, 11) is 0. The largest absolute Gasteiger partial charge is 0.481 e. The molecule has 5 heteroatoms. The third-order valence-electron chi connectivity index (χ3n) is 2.81. The van der Waals surface area contributed by atoms with Gasteiger partial charge >= 0.3 is 5.97 Å². The molecule has 0 aliphatic heterocycles. The van der Waals surface area contributed by atoms with Crippen LogP contribution in [0.15, 0.2) is 36.7 Å². The highest BCUT2D eigenvalue weighted by Crippen LogP contribution is 2.21. The predicted molar refractivity (Wildman–Crippen MR) is 70.4 cm³/mol. The number of carbonyl (C=O) groups is 1. The van der Waals surface area contributed by atoms with Crippen molar-refractivity contribution in [2.45, 2.75) is 20.3 Å². The van der Waals surface area contributed by atoms with Crippen molar-refractivity contribution in [3.05, 3.63) is 42.5 Å². The number of rotatable bonds is 4. The number of nitrogens with zero attached hydrogens (tertiary/aromatic N) is 3. The molecular formula is C14H15N3O2. The molecule has 1 N–H and O–H groups in total. The fraction of sp³-hybridized carbons (Fsp3) is 0.286. The lowest BCUT2D eigenvalue weighted by Crippen LogP contribution is -2.27. The van der Waals surface area contributed by atoms with E-state index in [1.54, 1.807) is 32.3 Å². The van der Waals surface area contributed by atoms with E-state index in [9.17, 15) is 4.79 Å². The smallest absolute Gasteiger partial charge is 0.309 e. The molecular weight excluding hydrogens is 242 g/mol. The summed E-state index contributed by atoms with van der Waals surface area (Å²) in [4.78, 5) is 23.8. The van der Waals surface area contributed by atoms with Crippen LogP contribution in [0.2, 0.25) is 0 Å². The van der Waals surface area contributed by atoms with Crippen molar-refractivity contribution in [3.8, 4) is 11.4 Å². The number of carboxylic acid groups (broad SMARTS) is 1. The van der Waals surface area contributed by atoms with Crippen LogP contribution in [-0.2, 0) is 11.2 Å². The van der Waals surface area contributed by atoms with E-state index >= 15 is 0 Å². The lowest BCUT2D eigenvalue weighted by Gasteiger charge is -2.17. The van der Waals surface area contributed by atoms with E-state index in [0.29, 0.717) is 11.5 Å². The lowest BCUT2D eigenvalue weighted by molar-refractivity contribution is -0.146. The fourth-order valence-corrected chi connectivity index (χ4v) is 1.61. The summed E-state index contributed by atoms with van der Waals surface area (Å²) in [6, 6.07) is 7.33. The molecule has 0 aromatic carbocycles. The van der Waals surface area contributed by atoms with Gasteiger partial charge in [0.2, 0.25) is 0 Å². The van der Waals surface area contributed by atoms with Crippen LogP contribution in [0.25, 0.3) is 11.4 Å². The highest BCUT2D eigenvalue weighted by atomic mass is 16.4. The second-order valence-electron chi connectivity index (χ2n) is 4.94. The van der Waals surface area contributed by atoms with E-state index in [0.717, 1.165) is 5.69 Å². The van der Waals surface area contributed by atoms with Gasteiger partial charge in [-0.3, -0.25) is 9.78 Å². The zero-order valence-electron chi connectivity index (χ0n) is 10.9. The van der Waals surface area contributed by atoms with Gasteiger partial charge in [-0.1, -0.05) is 6.07 Å². The lowest BCUT2D eigenvalue weighted by atomic mass is 9.89. The van der Waals surface area contributed by atoms with Crippen LogP contribution in [0.1, 0.15) is 19.7 Å². The molecule has 2 aromatic rings. The molecule has 5 nitrogen and oxygen atoms in total. The first-order chi connectivity index (χ1) is 8.99. The van der Waals surface area contributed by atoms with Crippen LogP contribution in [0, 0.1) is 5.41 Å². The van der Waals surface area contributed by atoms with Gasteiger partial charge < -0.3 is 5.11 Å². The van der Waals surface area contributed by atoms with E-state index in [4.69, 9.17) is 5.11 Å². The Hall–Kier alpha value is -2.30. The summed E-state index contributed by atoms with van der Waals surface area (Å²) in [5.74, 6) is -0.352. The van der Waals surface area contributed by atoms with Gasteiger partial charge in [0, 0.05) is 18.8 Å². The van der Waals surface area contributed by atoms with Gasteiger partial charge in [-0.15, -0.1) is 0 Å². The van der Waals surface area contributed by atoms with Crippen LogP contribution in [-0.4, -0.2) is 26.0 Å². The average Bonchev–Trinajstić information content (AvgIpc) is 2.39. The Bertz CT molecular complexity index is 582. The maximum absolute atomic E-state index is 11.1. The second kappa shape index (κ2) is 5.14. The monoisotopic (exact) mass is 257 g/mol. The Labute approximate surface area is 111 Å². The van der Waals surface area contributed by atoms with Crippen molar-refractivity contribution in [1.82, 2.24) is 15.0 Å². The Morgan fingerprint density at radius 3 is 2.58 bits per heavy atom. The summed E-state index contributed by atoms with van der Waals surface area (Å²) >= 11 is 0. The minimum Gasteiger partial charge on any atom is -0.481 e. The van der Waals surface area contributed by atoms with Crippen LogP contribution < -0.4 is 0 Å². The van der Waals surface area contributed by atoms with Gasteiger partial charge in [0.1, 0.15) is 5.82 Å². The highest BCUT2D eigenvalue weighted by molar-refractivity contribution is 5.73. The minimum absolute atomic E-state index is 0.281. The van der Waals surface area contributed by atoms with E-state index in [-0.39, 0.29) is 6.42 Å². The van der Waals surface area contributed by atoms with Crippen molar-refractivity contribution < 1.29 is 9.90 Å². The van der Waals surface area contributed by atoms with Crippen LogP contribution in [0.3, 0.4) is 0 Å². The van der Waals surface area contributed by atoms with Crippen LogP contribution in [0.5, 0.6) is 0 Å². The first kappa shape index (κ1) is 13.1. The Morgan fingerprint density at radius 1 is 1.16 bits per heavy atom. The van der Waals surface area contributed by atoms with Crippen molar-refractivity contribution >= 4 is 5.97 Å². The zero-order valence-corrected chi connectivity index (χ0v) is 10.9. The quantitative estimate of drug-likeness (QED) is 0.908. The molecule has 0 fully saturated rings. The molecule has 0 radical (unpaired) electrons. The molecule has 19 heavy (non-hydrogen) atoms. The molecule has 98 valence electrons. The van der Waals surface area contributed by atoms with Gasteiger partial charge in [0.25, 0.3) is 0 Å². The summed E-state index contributed by atoms with van der Waals surface area (Å²) in [6.45, 7) is 3.32. The minimum atomic E-state index is -0.886. The molecule has 0 saturated carbocycles. The first-order valence-corrected chi connectivity index (χ1v) is 5.96. The Morgan fingerprint density at radius 2 is 1.95 bits per heavy atom. The van der Waals surface area contributed by atoms with E-state index in [2.05, 4.69) is 15.0 Å². The Balaban J connectivity index is 2.28. The number of aromatic nitrogens is 3. The van der Waals surface area contributed by atoms with Gasteiger partial charge in [0.15, 0.2) is 0 Å². The molecule has 2 rings (SSSR count). The summed E-state index contributed by atoms with van der Waals surface area (Å²) in [6.07, 6.45) is 3.60. The summed E-state index contributed by atoms with van der Waals surface area (Å²) in [5.41, 5.74) is 0.564. The van der Waals surface area contributed by atoms with Gasteiger partial charge in [-0.25, -0.2) is 9.97 Å². The molecule has 0 aliphatic carbocycles. The van der Waals surface area contributed by atoms with Crippen molar-refractivity contribution in [2.75, 3.05) is 0 Å². The topological polar surface area (TPSA) is 76.0 Å². The standard InChI is InChI=1S/C14H15N3O2/c1-14(2,13(18)19)9-12-16-8-6-11(17-12)10-5-3-4-7-15-10/h3-8H,9H2,1-2H3,(H,18,19). The molecule has 0 bridgehead atoms. The van der Waals surface area contributed by atoms with E-state index in [1.807, 2.05) is 18.2 Å². The third kappa shape index (κ3) is 3.13. The van der Waals surface area contributed by atoms with Crippen molar-refractivity contribution in [3.63, 3.8) is 0 Å². The summed E-state index contributed by atoms with van der Waals surface area (Å²) < 4.78 is 0. The number of aliphatic carboxylic acids is 1.